The van der Waals surface area contributed by atoms with E-state index in [-0.39, 0.29) is 18.2 Å². The Balaban J connectivity index is 1.73. The zero-order valence-electron chi connectivity index (χ0n) is 22.6. The van der Waals surface area contributed by atoms with Gasteiger partial charge in [-0.25, -0.2) is 19.3 Å². The fraction of sp³-hybridized carbons (Fsp3) is 0.233. The van der Waals surface area contributed by atoms with Crippen LogP contribution in [0.4, 0.5) is 10.1 Å². The summed E-state index contributed by atoms with van der Waals surface area (Å²) in [5.41, 5.74) is 7.16. The molecular weight excluding hydrogens is 477 g/mol. The van der Waals surface area contributed by atoms with Crippen molar-refractivity contribution in [2.75, 3.05) is 12.4 Å². The molecule has 0 fully saturated rings. The molecule has 0 unspecified atom stereocenters. The van der Waals surface area contributed by atoms with Crippen molar-refractivity contribution >= 4 is 22.4 Å². The van der Waals surface area contributed by atoms with Gasteiger partial charge in [-0.15, -0.1) is 0 Å². The van der Waals surface area contributed by atoms with Gasteiger partial charge in [-0.05, 0) is 55.7 Å². The van der Waals surface area contributed by atoms with Crippen LogP contribution >= 0.6 is 0 Å². The number of allylic oxidation sites excluding steroid dienone is 5. The Hall–Kier alpha value is -4.46. The molecule has 4 rings (SSSR count). The first kappa shape index (κ1) is 26.6. The number of fused-ring (bicyclic) bond motifs is 1. The smallest absolute Gasteiger partial charge is 0.179 e. The maximum Gasteiger partial charge on any atom is 0.179 e. The SMILES string of the molecule is C=C/C(=C\C(=C/C)c1ccc(NC)c(Cc2nc3nccc(-n4cnc(C)c4)c3[nH]2)c1F)NC(=C)C(C)C. The maximum atomic E-state index is 16.1. The second-order valence-electron chi connectivity index (χ2n) is 9.37. The lowest BCUT2D eigenvalue weighted by Crippen LogP contribution is -2.14. The molecule has 0 aliphatic carbocycles. The number of aromatic amines is 1. The molecule has 3 N–H and O–H groups in total. The lowest BCUT2D eigenvalue weighted by Gasteiger charge is -2.16. The number of nitrogens with zero attached hydrogens (tertiary/aromatic N) is 4. The number of halogens is 1. The topological polar surface area (TPSA) is 83.5 Å². The molecule has 3 heterocycles. The van der Waals surface area contributed by atoms with E-state index in [1.807, 2.05) is 48.9 Å². The molecule has 7 nitrogen and oxygen atoms in total. The Labute approximate surface area is 222 Å². The Bertz CT molecular complexity index is 1550. The van der Waals surface area contributed by atoms with E-state index in [9.17, 15) is 0 Å². The Kier molecular flexibility index (Phi) is 7.90. The van der Waals surface area contributed by atoms with E-state index in [1.54, 1.807) is 31.7 Å². The van der Waals surface area contributed by atoms with Crippen molar-refractivity contribution < 1.29 is 4.39 Å². The fourth-order valence-corrected chi connectivity index (χ4v) is 4.18. The van der Waals surface area contributed by atoms with Gasteiger partial charge in [0.1, 0.15) is 17.2 Å². The van der Waals surface area contributed by atoms with E-state index in [2.05, 4.69) is 57.6 Å². The Morgan fingerprint density at radius 3 is 2.66 bits per heavy atom. The van der Waals surface area contributed by atoms with Crippen LogP contribution in [0.2, 0.25) is 0 Å². The minimum atomic E-state index is -0.314. The number of H-pyrrole nitrogens is 1. The molecule has 0 bridgehead atoms. The van der Waals surface area contributed by atoms with Crippen LogP contribution in [0.15, 0.2) is 79.7 Å². The van der Waals surface area contributed by atoms with Gasteiger partial charge < -0.3 is 20.2 Å². The van der Waals surface area contributed by atoms with E-state index in [1.165, 1.54) is 0 Å². The van der Waals surface area contributed by atoms with Crippen LogP contribution in [0.1, 0.15) is 43.4 Å². The summed E-state index contributed by atoms with van der Waals surface area (Å²) in [5, 5.41) is 6.40. The number of anilines is 1. The van der Waals surface area contributed by atoms with E-state index in [0.29, 0.717) is 28.3 Å². The highest BCUT2D eigenvalue weighted by Gasteiger charge is 2.18. The number of hydrogen-bond acceptors (Lipinski definition) is 5. The summed E-state index contributed by atoms with van der Waals surface area (Å²) < 4.78 is 18.1. The highest BCUT2D eigenvalue weighted by molar-refractivity contribution is 5.81. The van der Waals surface area contributed by atoms with Gasteiger partial charge in [0.25, 0.3) is 0 Å². The van der Waals surface area contributed by atoms with Crippen LogP contribution in [0.3, 0.4) is 0 Å². The Morgan fingerprint density at radius 2 is 2.03 bits per heavy atom. The summed E-state index contributed by atoms with van der Waals surface area (Å²) in [5.74, 6) is 0.553. The average molecular weight is 512 g/mol. The minimum Gasteiger partial charge on any atom is -0.388 e. The fourth-order valence-electron chi connectivity index (χ4n) is 4.18. The molecule has 0 amide bonds. The molecule has 0 aliphatic rings. The highest BCUT2D eigenvalue weighted by Crippen LogP contribution is 2.30. The molecule has 196 valence electrons. The molecule has 38 heavy (non-hydrogen) atoms. The molecule has 4 aromatic rings. The number of imidazole rings is 2. The van der Waals surface area contributed by atoms with E-state index in [4.69, 9.17) is 0 Å². The first-order chi connectivity index (χ1) is 18.2. The lowest BCUT2D eigenvalue weighted by atomic mass is 9.97. The third-order valence-corrected chi connectivity index (χ3v) is 6.42. The summed E-state index contributed by atoms with van der Waals surface area (Å²) in [6.45, 7) is 15.9. The molecule has 0 atom stereocenters. The van der Waals surface area contributed by atoms with Crippen molar-refractivity contribution in [1.82, 2.24) is 29.8 Å². The number of pyridine rings is 1. The molecule has 8 heteroatoms. The zero-order valence-corrected chi connectivity index (χ0v) is 22.6. The van der Waals surface area contributed by atoms with E-state index >= 15 is 4.39 Å². The third-order valence-electron chi connectivity index (χ3n) is 6.42. The summed E-state index contributed by atoms with van der Waals surface area (Å²) in [7, 11) is 1.78. The monoisotopic (exact) mass is 511 g/mol. The van der Waals surface area contributed by atoms with Gasteiger partial charge in [0.15, 0.2) is 5.65 Å². The van der Waals surface area contributed by atoms with Crippen LogP contribution in [0.5, 0.6) is 0 Å². The summed E-state index contributed by atoms with van der Waals surface area (Å²) in [6, 6.07) is 5.57. The average Bonchev–Trinajstić information content (AvgIpc) is 3.53. The number of rotatable bonds is 10. The predicted molar refractivity (Wildman–Crippen MR) is 154 cm³/mol. The van der Waals surface area contributed by atoms with Crippen molar-refractivity contribution in [1.29, 1.82) is 0 Å². The Morgan fingerprint density at radius 1 is 1.24 bits per heavy atom. The maximum absolute atomic E-state index is 16.1. The van der Waals surface area contributed by atoms with Crippen molar-refractivity contribution in [3.63, 3.8) is 0 Å². The molecule has 0 saturated heterocycles. The van der Waals surface area contributed by atoms with Crippen LogP contribution < -0.4 is 10.6 Å². The molecular formula is C30H34FN7. The summed E-state index contributed by atoms with van der Waals surface area (Å²) in [6.07, 6.45) is 11.1. The molecule has 0 saturated carbocycles. The summed E-state index contributed by atoms with van der Waals surface area (Å²) >= 11 is 0. The van der Waals surface area contributed by atoms with Crippen LogP contribution in [-0.2, 0) is 6.42 Å². The van der Waals surface area contributed by atoms with Crippen LogP contribution in [0, 0.1) is 18.7 Å². The second kappa shape index (κ2) is 11.3. The normalized spacial score (nSPS) is 12.3. The molecule has 1 aromatic carbocycles. The van der Waals surface area contributed by atoms with Gasteiger partial charge in [-0.2, -0.15) is 0 Å². The molecule has 0 aliphatic heterocycles. The summed E-state index contributed by atoms with van der Waals surface area (Å²) in [4.78, 5) is 16.8. The van der Waals surface area contributed by atoms with E-state index in [0.717, 1.165) is 33.9 Å². The first-order valence-electron chi connectivity index (χ1n) is 12.6. The van der Waals surface area contributed by atoms with Gasteiger partial charge in [0.05, 0.1) is 17.7 Å². The number of nitrogens with one attached hydrogen (secondary N) is 3. The van der Waals surface area contributed by atoms with Crippen molar-refractivity contribution in [2.24, 2.45) is 5.92 Å². The quantitative estimate of drug-likeness (QED) is 0.213. The molecule has 0 spiro atoms. The molecule has 3 aromatic heterocycles. The number of aromatic nitrogens is 5. The van der Waals surface area contributed by atoms with Gasteiger partial charge in [-0.1, -0.05) is 33.1 Å². The predicted octanol–water partition coefficient (Wildman–Crippen LogP) is 6.46. The van der Waals surface area contributed by atoms with Crippen molar-refractivity contribution in [3.05, 3.63) is 108 Å². The number of benzene rings is 1. The molecule has 0 radical (unpaired) electrons. The van der Waals surface area contributed by atoms with E-state index < -0.39 is 0 Å². The van der Waals surface area contributed by atoms with Crippen molar-refractivity contribution in [3.8, 4) is 5.69 Å². The second-order valence-corrected chi connectivity index (χ2v) is 9.37. The van der Waals surface area contributed by atoms with Gasteiger partial charge >= 0.3 is 0 Å². The largest absolute Gasteiger partial charge is 0.388 e. The van der Waals surface area contributed by atoms with Gasteiger partial charge in [0.2, 0.25) is 0 Å². The third kappa shape index (κ3) is 5.44. The lowest BCUT2D eigenvalue weighted by molar-refractivity contribution is 0.610. The highest BCUT2D eigenvalue weighted by atomic mass is 19.1. The van der Waals surface area contributed by atoms with Gasteiger partial charge in [0, 0.05) is 54.1 Å². The van der Waals surface area contributed by atoms with Crippen molar-refractivity contribution in [2.45, 2.75) is 34.1 Å². The van der Waals surface area contributed by atoms with Gasteiger partial charge in [-0.3, -0.25) is 0 Å². The zero-order chi connectivity index (χ0) is 27.4. The minimum absolute atomic E-state index is 0.252. The number of hydrogen-bond donors (Lipinski definition) is 3. The van der Waals surface area contributed by atoms with Crippen LogP contribution in [-0.4, -0.2) is 31.6 Å². The number of aryl methyl sites for hydroxylation is 1. The standard InChI is InChI=1S/C30H34FN7/c1-8-21(14-22(9-2)35-20(6)18(3)4)23-10-11-25(32-7)24(28(23)31)15-27-36-29-26(12-13-33-30(29)37-27)38-16-19(5)34-17-38/h8-14,16-18,32,35H,2,6,15H2,1,3-5,7H3,(H,33,36,37)/b21-8+,22-14+. The first-order valence-corrected chi connectivity index (χ1v) is 12.6. The van der Waals surface area contributed by atoms with Crippen LogP contribution in [0.25, 0.3) is 22.4 Å².